The van der Waals surface area contributed by atoms with Gasteiger partial charge in [0.1, 0.15) is 11.5 Å². The first-order valence-electron chi connectivity index (χ1n) is 24.9. The van der Waals surface area contributed by atoms with Crippen molar-refractivity contribution in [2.24, 2.45) is 58.2 Å². The molecule has 8 aliphatic rings. The van der Waals surface area contributed by atoms with E-state index >= 15 is 0 Å². The summed E-state index contributed by atoms with van der Waals surface area (Å²) in [6.07, 6.45) is 32.2. The van der Waals surface area contributed by atoms with Gasteiger partial charge in [-0.1, -0.05) is 109 Å². The Balaban J connectivity index is 0.000000129. The number of hydrogen-bond acceptors (Lipinski definition) is 2. The minimum atomic E-state index is 0.435. The normalized spacial score (nSPS) is 39.3. The third kappa shape index (κ3) is 8.53. The van der Waals surface area contributed by atoms with Gasteiger partial charge in [0.15, 0.2) is 0 Å². The lowest BCUT2D eigenvalue weighted by molar-refractivity contribution is 0.0273. The van der Waals surface area contributed by atoms with Crippen LogP contribution >= 0.6 is 0 Å². The van der Waals surface area contributed by atoms with Crippen LogP contribution in [0.4, 0.5) is 0 Å². The Kier molecular flexibility index (Phi) is 14.0. The Hall–Kier alpha value is -2.48. The molecule has 2 nitrogen and oxygen atoms in total. The summed E-state index contributed by atoms with van der Waals surface area (Å²) in [5.74, 6) is 9.92. The summed E-state index contributed by atoms with van der Waals surface area (Å²) in [6.45, 7) is 18.9. The van der Waals surface area contributed by atoms with Gasteiger partial charge >= 0.3 is 0 Å². The van der Waals surface area contributed by atoms with Gasteiger partial charge < -0.3 is 10.2 Å². The van der Waals surface area contributed by atoms with Crippen molar-refractivity contribution in [1.29, 1.82) is 0 Å². The Morgan fingerprint density at radius 1 is 0.621 bits per heavy atom. The van der Waals surface area contributed by atoms with Crippen LogP contribution in [0.3, 0.4) is 0 Å². The molecule has 58 heavy (non-hydrogen) atoms. The zero-order valence-electron chi connectivity index (χ0n) is 38.4. The van der Waals surface area contributed by atoms with E-state index < -0.39 is 0 Å². The second-order valence-corrected chi connectivity index (χ2v) is 21.4. The van der Waals surface area contributed by atoms with E-state index in [9.17, 15) is 10.2 Å². The quantitative estimate of drug-likeness (QED) is 0.298. The number of aromatic hydroxyl groups is 2. The minimum absolute atomic E-state index is 0.435. The third-order valence-corrected chi connectivity index (χ3v) is 19.0. The summed E-state index contributed by atoms with van der Waals surface area (Å²) in [5.41, 5.74) is 10.4. The summed E-state index contributed by atoms with van der Waals surface area (Å²) >= 11 is 0. The Bertz CT molecular complexity index is 1750. The molecule has 0 amide bonds. The highest BCUT2D eigenvalue weighted by molar-refractivity contribution is 5.42. The maximum absolute atomic E-state index is 9.74. The molecule has 0 radical (unpaired) electrons. The van der Waals surface area contributed by atoms with Crippen molar-refractivity contribution < 1.29 is 10.2 Å². The fraction of sp³-hybridized carbons (Fsp3) is 0.714. The van der Waals surface area contributed by atoms with Crippen LogP contribution in [0.5, 0.6) is 11.5 Å². The highest BCUT2D eigenvalue weighted by Gasteiger charge is 2.54. The lowest BCUT2D eigenvalue weighted by Crippen LogP contribution is -2.42. The predicted molar refractivity (Wildman–Crippen MR) is 247 cm³/mol. The number of benzene rings is 2. The molecule has 0 spiro atoms. The highest BCUT2D eigenvalue weighted by atomic mass is 16.3. The van der Waals surface area contributed by atoms with Crippen LogP contribution in [0.15, 0.2) is 59.7 Å². The van der Waals surface area contributed by atoms with Crippen LogP contribution in [0.1, 0.15) is 205 Å². The molecule has 10 rings (SSSR count). The lowest BCUT2D eigenvalue weighted by Gasteiger charge is -2.51. The highest BCUT2D eigenvalue weighted by Crippen LogP contribution is 2.64. The van der Waals surface area contributed by atoms with Crippen molar-refractivity contribution in [3.63, 3.8) is 0 Å². The monoisotopic (exact) mass is 789 g/mol. The molecule has 2 aromatic carbocycles. The van der Waals surface area contributed by atoms with E-state index in [1.807, 2.05) is 24.3 Å². The summed E-state index contributed by atoms with van der Waals surface area (Å²) < 4.78 is 0. The number of phenolic OH excluding ortho intramolecular Hbond substituents is 2. The van der Waals surface area contributed by atoms with Crippen LogP contribution < -0.4 is 0 Å². The molecule has 2 aromatic rings. The van der Waals surface area contributed by atoms with Crippen LogP contribution in [-0.2, 0) is 12.8 Å². The second-order valence-electron chi connectivity index (χ2n) is 21.4. The van der Waals surface area contributed by atoms with Crippen LogP contribution in [-0.4, -0.2) is 10.2 Å². The largest absolute Gasteiger partial charge is 0.508 e. The van der Waals surface area contributed by atoms with Gasteiger partial charge in [-0.05, 0) is 227 Å². The van der Waals surface area contributed by atoms with Gasteiger partial charge in [0, 0.05) is 0 Å². The summed E-state index contributed by atoms with van der Waals surface area (Å²) in [5, 5.41) is 19.5. The second kappa shape index (κ2) is 18.6. The number of allylic oxidation sites excluding steroid dienone is 4. The number of rotatable bonds is 2. The zero-order valence-corrected chi connectivity index (χ0v) is 38.4. The standard InChI is InChI=1S/C20H28O.C20H26O.C8H16.C8H14/c2*1-3-14-5-9-19-18-7-4-13-12-15(21)6-8-16(13)17(18)10-11-20(14,19)2;2*1-3-8-6-4-5-7(8)2/h6,8,12,14,17-19,21H,3-5,7,9-11H2,1-2H3;3,6,8,12,17-19,21H,4-5,7,9-11H2,1-2H3;7-8H,3-6H2,1-2H3;3,7H,4-6H2,1-2H3/b;14-3-;;8-3-/t14-,17?,18?,19?,20+;17?,18?,19?,20-;7-,8+;7-/m0111/s1. The fourth-order valence-corrected chi connectivity index (χ4v) is 15.5. The Morgan fingerprint density at radius 2 is 1.26 bits per heavy atom. The van der Waals surface area contributed by atoms with Crippen molar-refractivity contribution in [3.8, 4) is 11.5 Å². The summed E-state index contributed by atoms with van der Waals surface area (Å²) in [4.78, 5) is 0. The first-order chi connectivity index (χ1) is 27.9. The first-order valence-corrected chi connectivity index (χ1v) is 24.9. The Labute approximate surface area is 356 Å². The predicted octanol–water partition coefficient (Wildman–Crippen LogP) is 16.1. The molecule has 6 unspecified atom stereocenters. The number of fused-ring (bicyclic) bond motifs is 10. The van der Waals surface area contributed by atoms with E-state index in [1.165, 1.54) is 133 Å². The molecule has 2 N–H and O–H groups in total. The van der Waals surface area contributed by atoms with E-state index in [1.54, 1.807) is 22.3 Å². The molecule has 2 heteroatoms. The van der Waals surface area contributed by atoms with E-state index in [0.29, 0.717) is 22.3 Å². The molecule has 0 saturated heterocycles. The van der Waals surface area contributed by atoms with E-state index in [0.717, 1.165) is 65.6 Å². The van der Waals surface area contributed by atoms with Gasteiger partial charge in [0.05, 0.1) is 0 Å². The van der Waals surface area contributed by atoms with Gasteiger partial charge in [0.2, 0.25) is 0 Å². The molecular formula is C56H84O2. The molecule has 0 aromatic heterocycles. The van der Waals surface area contributed by atoms with Crippen LogP contribution in [0.2, 0.25) is 0 Å². The molecule has 0 aliphatic heterocycles. The zero-order chi connectivity index (χ0) is 41.2. The molecule has 320 valence electrons. The van der Waals surface area contributed by atoms with Crippen molar-refractivity contribution in [2.45, 2.75) is 196 Å². The van der Waals surface area contributed by atoms with E-state index in [-0.39, 0.29) is 0 Å². The Morgan fingerprint density at radius 3 is 1.76 bits per heavy atom. The van der Waals surface area contributed by atoms with Crippen LogP contribution in [0.25, 0.3) is 0 Å². The van der Waals surface area contributed by atoms with Crippen molar-refractivity contribution in [3.05, 3.63) is 82.0 Å². The topological polar surface area (TPSA) is 40.5 Å². The third-order valence-electron chi connectivity index (χ3n) is 19.0. The van der Waals surface area contributed by atoms with Crippen molar-refractivity contribution in [1.82, 2.24) is 0 Å². The van der Waals surface area contributed by atoms with E-state index in [4.69, 9.17) is 0 Å². The van der Waals surface area contributed by atoms with Gasteiger partial charge in [-0.3, -0.25) is 0 Å². The minimum Gasteiger partial charge on any atom is -0.508 e. The molecular weight excluding hydrogens is 705 g/mol. The molecule has 6 saturated carbocycles. The van der Waals surface area contributed by atoms with Gasteiger partial charge in [-0.15, -0.1) is 0 Å². The average molecular weight is 789 g/mol. The molecule has 0 heterocycles. The van der Waals surface area contributed by atoms with E-state index in [2.05, 4.69) is 79.7 Å². The van der Waals surface area contributed by atoms with Gasteiger partial charge in [-0.2, -0.15) is 0 Å². The first kappa shape index (κ1) is 43.6. The number of hydrogen-bond donors (Lipinski definition) is 2. The van der Waals surface area contributed by atoms with Gasteiger partial charge in [-0.25, -0.2) is 0 Å². The maximum atomic E-state index is 9.74. The van der Waals surface area contributed by atoms with Crippen molar-refractivity contribution in [2.75, 3.05) is 0 Å². The fourth-order valence-electron chi connectivity index (χ4n) is 15.5. The van der Waals surface area contributed by atoms with Gasteiger partial charge in [0.25, 0.3) is 0 Å². The SMILES string of the molecule is C/C=C1/CCC2C3CCc4cc(O)ccc4C3CC[C@]12C.C/C=C1/CCC[C@H]1C.CC[C@H]1CCC2C3CCc4cc(O)ccc4C3CC[C@@]21C.CC[C@H]1CCC[C@H]1C. The molecule has 0 bridgehead atoms. The average Bonchev–Trinajstić information content (AvgIpc) is 4.02. The lowest BCUT2D eigenvalue weighted by atomic mass is 9.54. The molecule has 6 fully saturated rings. The smallest absolute Gasteiger partial charge is 0.115 e. The summed E-state index contributed by atoms with van der Waals surface area (Å²) in [7, 11) is 0. The maximum Gasteiger partial charge on any atom is 0.115 e. The number of aryl methyl sites for hydroxylation is 2. The van der Waals surface area contributed by atoms with Crippen molar-refractivity contribution >= 4 is 0 Å². The van der Waals surface area contributed by atoms with Crippen LogP contribution in [0, 0.1) is 58.2 Å². The number of phenols is 2. The molecule has 8 aliphatic carbocycles. The molecule has 12 atom stereocenters. The summed E-state index contributed by atoms with van der Waals surface area (Å²) in [6, 6.07) is 12.2.